The molecule has 2 N–H and O–H groups in total. The van der Waals surface area contributed by atoms with Crippen molar-refractivity contribution in [2.24, 2.45) is 0 Å². The quantitative estimate of drug-likeness (QED) is 0.416. The molecule has 190 valence electrons. The molecule has 7 nitrogen and oxygen atoms in total. The van der Waals surface area contributed by atoms with Gasteiger partial charge in [0.15, 0.2) is 6.23 Å². The third kappa shape index (κ3) is 4.21. The van der Waals surface area contributed by atoms with E-state index in [0.29, 0.717) is 5.39 Å². The zero-order valence-corrected chi connectivity index (χ0v) is 19.7. The number of aliphatic hydroxyl groups excluding tert-OH is 1. The highest BCUT2D eigenvalue weighted by molar-refractivity contribution is 6.17. The van der Waals surface area contributed by atoms with Crippen LogP contribution >= 0.6 is 0 Å². The number of anilines is 1. The number of aliphatic hydroxyl groups is 1. The van der Waals surface area contributed by atoms with Crippen molar-refractivity contribution in [3.8, 4) is 11.5 Å². The minimum atomic E-state index is -3.26. The van der Waals surface area contributed by atoms with Crippen molar-refractivity contribution in [2.75, 3.05) is 4.90 Å². The molecular weight excluding hydrogens is 479 g/mol. The van der Waals surface area contributed by atoms with Gasteiger partial charge in [-0.25, -0.2) is 4.39 Å². The Bertz CT molecular complexity index is 1340. The molecule has 2 atom stereocenters. The molecule has 1 aliphatic rings. The summed E-state index contributed by atoms with van der Waals surface area (Å²) in [5, 5.41) is 21.2. The molecule has 1 heterocycles. The van der Waals surface area contributed by atoms with Gasteiger partial charge in [0.2, 0.25) is 0 Å². The fourth-order valence-corrected chi connectivity index (χ4v) is 4.52. The number of rotatable bonds is 8. The summed E-state index contributed by atoms with van der Waals surface area (Å²) >= 11 is 0. The number of nitrogens with zero attached hydrogens (tertiary/aromatic N) is 1. The normalized spacial score (nSPS) is 16.1. The molecule has 0 spiro atoms. The van der Waals surface area contributed by atoms with Crippen LogP contribution in [0.4, 0.5) is 18.9 Å². The summed E-state index contributed by atoms with van der Waals surface area (Å²) in [6.07, 6.45) is -1.97. The van der Waals surface area contributed by atoms with Gasteiger partial charge in [0.1, 0.15) is 17.3 Å². The second-order valence-corrected chi connectivity index (χ2v) is 8.59. The molecule has 2 unspecified atom stereocenters. The van der Waals surface area contributed by atoms with Crippen molar-refractivity contribution in [3.63, 3.8) is 0 Å². The third-order valence-corrected chi connectivity index (χ3v) is 6.00. The van der Waals surface area contributed by atoms with Crippen LogP contribution in [-0.2, 0) is 4.79 Å². The molecule has 0 bridgehead atoms. The highest BCUT2D eigenvalue weighted by Crippen LogP contribution is 2.50. The predicted molar refractivity (Wildman–Crippen MR) is 125 cm³/mol. The maximum Gasteiger partial charge on any atom is 0.387 e. The van der Waals surface area contributed by atoms with Gasteiger partial charge < -0.3 is 19.7 Å². The van der Waals surface area contributed by atoms with E-state index in [1.165, 1.54) is 18.2 Å². The van der Waals surface area contributed by atoms with Gasteiger partial charge in [-0.2, -0.15) is 8.78 Å². The predicted octanol–water partition coefficient (Wildman–Crippen LogP) is 5.60. The molecule has 36 heavy (non-hydrogen) atoms. The molecular formula is C26H24F3NO6. The van der Waals surface area contributed by atoms with E-state index < -0.39 is 48.3 Å². The van der Waals surface area contributed by atoms with Crippen LogP contribution in [0, 0.1) is 5.82 Å². The summed E-state index contributed by atoms with van der Waals surface area (Å²) in [6, 6.07) is 9.78. The Morgan fingerprint density at radius 2 is 1.72 bits per heavy atom. The summed E-state index contributed by atoms with van der Waals surface area (Å²) in [4.78, 5) is 25.9. The SMILES string of the molecule is CCC(C(=O)O)c1ccc(N2C(=O)c3c(c(OC(C)C)c4ccccc4c3OC(F)F)C2O)cc1F. The van der Waals surface area contributed by atoms with Crippen LogP contribution in [-0.4, -0.2) is 34.8 Å². The van der Waals surface area contributed by atoms with Crippen LogP contribution < -0.4 is 14.4 Å². The topological polar surface area (TPSA) is 96.3 Å². The summed E-state index contributed by atoms with van der Waals surface area (Å²) in [7, 11) is 0. The number of carboxylic acids is 1. The first-order valence-corrected chi connectivity index (χ1v) is 11.3. The first-order valence-electron chi connectivity index (χ1n) is 11.3. The van der Waals surface area contributed by atoms with Gasteiger partial charge in [0.05, 0.1) is 23.1 Å². The Balaban J connectivity index is 1.92. The number of halogens is 3. The lowest BCUT2D eigenvalue weighted by molar-refractivity contribution is -0.138. The zero-order valence-electron chi connectivity index (χ0n) is 19.7. The van der Waals surface area contributed by atoms with E-state index in [-0.39, 0.29) is 39.9 Å². The van der Waals surface area contributed by atoms with E-state index >= 15 is 0 Å². The molecule has 4 rings (SSSR count). The van der Waals surface area contributed by atoms with Crippen LogP contribution in [0.1, 0.15) is 60.8 Å². The Hall–Kier alpha value is -3.79. The van der Waals surface area contributed by atoms with Crippen molar-refractivity contribution < 1.29 is 42.4 Å². The van der Waals surface area contributed by atoms with Crippen molar-refractivity contribution in [1.82, 2.24) is 0 Å². The van der Waals surface area contributed by atoms with Gasteiger partial charge in [-0.1, -0.05) is 37.3 Å². The molecule has 0 saturated carbocycles. The van der Waals surface area contributed by atoms with Crippen LogP contribution in [0.25, 0.3) is 10.8 Å². The zero-order chi connectivity index (χ0) is 26.3. The molecule has 1 amide bonds. The molecule has 0 aliphatic carbocycles. The lowest BCUT2D eigenvalue weighted by atomic mass is 9.96. The minimum Gasteiger partial charge on any atom is -0.490 e. The number of aliphatic carboxylic acids is 1. The standard InChI is InChI=1S/C26H24F3NO6/c1-4-14(25(33)34)15-10-9-13(11-18(15)27)30-23(31)19-20(24(30)32)22(36-26(28)29)17-8-6-5-7-16(17)21(19)35-12(2)3/h5-12,14,23,26,31H,4H2,1-3H3,(H,33,34). The average molecular weight is 503 g/mol. The molecule has 3 aromatic rings. The lowest BCUT2D eigenvalue weighted by Crippen LogP contribution is -2.28. The van der Waals surface area contributed by atoms with E-state index in [0.717, 1.165) is 11.0 Å². The van der Waals surface area contributed by atoms with E-state index in [4.69, 9.17) is 9.47 Å². The van der Waals surface area contributed by atoms with Crippen LogP contribution in [0.3, 0.4) is 0 Å². The van der Waals surface area contributed by atoms with Crippen LogP contribution in [0.2, 0.25) is 0 Å². The van der Waals surface area contributed by atoms with E-state index in [9.17, 15) is 33.0 Å². The summed E-state index contributed by atoms with van der Waals surface area (Å²) in [5.41, 5.74) is -0.570. The highest BCUT2D eigenvalue weighted by atomic mass is 19.3. The van der Waals surface area contributed by atoms with Gasteiger partial charge in [-0.05, 0) is 32.4 Å². The summed E-state index contributed by atoms with van der Waals surface area (Å²) in [6.45, 7) is 1.80. The number of hydrogen-bond donors (Lipinski definition) is 2. The van der Waals surface area contributed by atoms with Crippen molar-refractivity contribution in [2.45, 2.75) is 52.1 Å². The maximum absolute atomic E-state index is 15.0. The lowest BCUT2D eigenvalue weighted by Gasteiger charge is -2.23. The number of carbonyl (C=O) groups is 2. The number of benzene rings is 3. The van der Waals surface area contributed by atoms with Gasteiger partial charge in [-0.15, -0.1) is 0 Å². The number of fused-ring (bicyclic) bond motifs is 2. The largest absolute Gasteiger partial charge is 0.490 e. The molecule has 0 radical (unpaired) electrons. The fraction of sp³-hybridized carbons (Fsp3) is 0.308. The molecule has 10 heteroatoms. The van der Waals surface area contributed by atoms with E-state index in [1.54, 1.807) is 39.0 Å². The summed E-state index contributed by atoms with van der Waals surface area (Å²) < 4.78 is 52.5. The van der Waals surface area contributed by atoms with E-state index in [2.05, 4.69) is 0 Å². The smallest absolute Gasteiger partial charge is 0.387 e. The molecule has 0 saturated heterocycles. The van der Waals surface area contributed by atoms with E-state index in [1.807, 2.05) is 0 Å². The number of amides is 1. The Labute approximate surface area is 204 Å². The molecule has 3 aromatic carbocycles. The van der Waals surface area contributed by atoms with Crippen LogP contribution in [0.5, 0.6) is 11.5 Å². The van der Waals surface area contributed by atoms with Gasteiger partial charge in [-0.3, -0.25) is 14.5 Å². The van der Waals surface area contributed by atoms with Crippen LogP contribution in [0.15, 0.2) is 42.5 Å². The number of alkyl halides is 2. The van der Waals surface area contributed by atoms with Crippen molar-refractivity contribution in [1.29, 1.82) is 0 Å². The first kappa shape index (κ1) is 25.3. The van der Waals surface area contributed by atoms with Crippen molar-refractivity contribution in [3.05, 3.63) is 65.0 Å². The number of carbonyl (C=O) groups excluding carboxylic acids is 1. The third-order valence-electron chi connectivity index (χ3n) is 6.00. The summed E-state index contributed by atoms with van der Waals surface area (Å²) in [5.74, 6) is -4.39. The Morgan fingerprint density at radius 3 is 2.25 bits per heavy atom. The Morgan fingerprint density at radius 1 is 1.08 bits per heavy atom. The average Bonchev–Trinajstić information content (AvgIpc) is 3.07. The van der Waals surface area contributed by atoms with Gasteiger partial charge in [0, 0.05) is 22.0 Å². The van der Waals surface area contributed by atoms with Gasteiger partial charge in [0.25, 0.3) is 5.91 Å². The number of carboxylic acid groups (broad SMARTS) is 1. The molecule has 1 aliphatic heterocycles. The second kappa shape index (κ2) is 9.69. The minimum absolute atomic E-state index is 0.0792. The monoisotopic (exact) mass is 503 g/mol. The molecule has 0 fully saturated rings. The van der Waals surface area contributed by atoms with Gasteiger partial charge >= 0.3 is 12.6 Å². The van der Waals surface area contributed by atoms with Crippen molar-refractivity contribution >= 4 is 28.3 Å². The highest BCUT2D eigenvalue weighted by Gasteiger charge is 2.44. The fourth-order valence-electron chi connectivity index (χ4n) is 4.52. The number of hydrogen-bond acceptors (Lipinski definition) is 5. The Kier molecular flexibility index (Phi) is 6.81. The maximum atomic E-state index is 15.0. The first-order chi connectivity index (χ1) is 17.1. The number of ether oxygens (including phenoxy) is 2. The molecule has 0 aromatic heterocycles. The second-order valence-electron chi connectivity index (χ2n) is 8.59.